The van der Waals surface area contributed by atoms with Gasteiger partial charge in [-0.15, -0.1) is 0 Å². The van der Waals surface area contributed by atoms with Gasteiger partial charge in [0.2, 0.25) is 5.78 Å². The van der Waals surface area contributed by atoms with Gasteiger partial charge in [0.15, 0.2) is 5.76 Å². The average molecular weight is 476 g/mol. The van der Waals surface area contributed by atoms with Gasteiger partial charge in [-0.25, -0.2) is 0 Å². The fraction of sp³-hybridized carbons (Fsp3) is 0.0455. The number of hydrogen-bond acceptors (Lipinski definition) is 3. The quantitative estimate of drug-likeness (QED) is 0.383. The Morgan fingerprint density at radius 2 is 1.79 bits per heavy atom. The molecule has 6 heteroatoms. The van der Waals surface area contributed by atoms with E-state index in [1.54, 1.807) is 36.4 Å². The van der Waals surface area contributed by atoms with Crippen molar-refractivity contribution in [3.8, 4) is 11.5 Å². The molecule has 0 amide bonds. The summed E-state index contributed by atoms with van der Waals surface area (Å²) in [4.78, 5) is 12.6. The minimum Gasteiger partial charge on any atom is -0.489 e. The number of Topliss-reactive ketones (excluding diaryl/α,β-unsaturated/α-hetero) is 1. The van der Waals surface area contributed by atoms with E-state index in [4.69, 9.17) is 32.7 Å². The van der Waals surface area contributed by atoms with E-state index >= 15 is 0 Å². The number of carbonyl (C=O) groups is 1. The van der Waals surface area contributed by atoms with E-state index in [1.807, 2.05) is 30.3 Å². The Kier molecular flexibility index (Phi) is 5.44. The van der Waals surface area contributed by atoms with Crippen molar-refractivity contribution in [1.82, 2.24) is 0 Å². The van der Waals surface area contributed by atoms with Crippen molar-refractivity contribution in [2.45, 2.75) is 6.61 Å². The zero-order chi connectivity index (χ0) is 19.7. The number of ether oxygens (including phenoxy) is 2. The van der Waals surface area contributed by atoms with Crippen molar-refractivity contribution >= 4 is 51.0 Å². The van der Waals surface area contributed by atoms with E-state index in [9.17, 15) is 4.79 Å². The molecule has 0 aliphatic carbocycles. The lowest BCUT2D eigenvalue weighted by molar-refractivity contribution is 0.101. The third-order valence-corrected chi connectivity index (χ3v) is 5.33. The minimum absolute atomic E-state index is 0.148. The van der Waals surface area contributed by atoms with Gasteiger partial charge in [-0.1, -0.05) is 57.3 Å². The Morgan fingerprint density at radius 1 is 1.00 bits per heavy atom. The van der Waals surface area contributed by atoms with Crippen molar-refractivity contribution in [3.63, 3.8) is 0 Å². The van der Waals surface area contributed by atoms with Gasteiger partial charge >= 0.3 is 0 Å². The molecule has 1 aliphatic heterocycles. The van der Waals surface area contributed by atoms with Gasteiger partial charge in [-0.2, -0.15) is 0 Å². The molecule has 0 atom stereocenters. The summed E-state index contributed by atoms with van der Waals surface area (Å²) < 4.78 is 12.5. The highest BCUT2D eigenvalue weighted by molar-refractivity contribution is 9.10. The van der Waals surface area contributed by atoms with Crippen molar-refractivity contribution in [1.29, 1.82) is 0 Å². The lowest BCUT2D eigenvalue weighted by Crippen LogP contribution is -1.98. The first-order chi connectivity index (χ1) is 13.5. The first kappa shape index (κ1) is 19.1. The Labute approximate surface area is 180 Å². The van der Waals surface area contributed by atoms with Gasteiger partial charge < -0.3 is 9.47 Å². The minimum atomic E-state index is -0.148. The van der Waals surface area contributed by atoms with Crippen LogP contribution in [0.3, 0.4) is 0 Å². The summed E-state index contributed by atoms with van der Waals surface area (Å²) in [5.41, 5.74) is 2.22. The summed E-state index contributed by atoms with van der Waals surface area (Å²) in [6.45, 7) is 0.282. The molecule has 0 unspecified atom stereocenters. The smallest absolute Gasteiger partial charge is 0.231 e. The SMILES string of the molecule is O=C1C(=Cc2ccc(Br)cc2)Oc2cc(OCc3ccc(Cl)cc3Cl)ccc21. The van der Waals surface area contributed by atoms with Gasteiger partial charge in [0, 0.05) is 26.1 Å². The molecule has 1 heterocycles. The van der Waals surface area contributed by atoms with Crippen LogP contribution in [0.5, 0.6) is 11.5 Å². The van der Waals surface area contributed by atoms with E-state index < -0.39 is 0 Å². The molecular weight excluding hydrogens is 463 g/mol. The maximum Gasteiger partial charge on any atom is 0.231 e. The number of ketones is 1. The van der Waals surface area contributed by atoms with Crippen LogP contribution in [0.15, 0.2) is 70.9 Å². The Hall–Kier alpha value is -2.27. The van der Waals surface area contributed by atoms with Gasteiger partial charge in [0.05, 0.1) is 5.56 Å². The molecule has 0 radical (unpaired) electrons. The Bertz CT molecular complexity index is 1090. The maximum atomic E-state index is 12.6. The summed E-state index contributed by atoms with van der Waals surface area (Å²) in [6.07, 6.45) is 1.72. The summed E-state index contributed by atoms with van der Waals surface area (Å²) in [5, 5.41) is 1.11. The maximum absolute atomic E-state index is 12.6. The van der Waals surface area contributed by atoms with Crippen LogP contribution < -0.4 is 9.47 Å². The topological polar surface area (TPSA) is 35.5 Å². The van der Waals surface area contributed by atoms with Gasteiger partial charge in [0.25, 0.3) is 0 Å². The van der Waals surface area contributed by atoms with Crippen LogP contribution in [0.4, 0.5) is 0 Å². The number of halogens is 3. The second-order valence-corrected chi connectivity index (χ2v) is 7.93. The zero-order valence-electron chi connectivity index (χ0n) is 14.4. The highest BCUT2D eigenvalue weighted by Gasteiger charge is 2.27. The number of fused-ring (bicyclic) bond motifs is 1. The van der Waals surface area contributed by atoms with Gasteiger partial charge in [-0.05, 0) is 48.0 Å². The molecule has 0 aromatic heterocycles. The normalized spacial score (nSPS) is 14.1. The van der Waals surface area contributed by atoms with Crippen molar-refractivity contribution in [3.05, 3.63) is 97.6 Å². The van der Waals surface area contributed by atoms with Crippen LogP contribution in [0.1, 0.15) is 21.5 Å². The van der Waals surface area contributed by atoms with E-state index in [0.29, 0.717) is 27.1 Å². The number of allylic oxidation sites excluding steroid dienone is 1. The summed E-state index contributed by atoms with van der Waals surface area (Å²) >= 11 is 15.5. The van der Waals surface area contributed by atoms with Crippen LogP contribution in [-0.2, 0) is 6.61 Å². The van der Waals surface area contributed by atoms with Crippen LogP contribution in [0.2, 0.25) is 10.0 Å². The van der Waals surface area contributed by atoms with Gasteiger partial charge in [0.1, 0.15) is 18.1 Å². The Morgan fingerprint density at radius 3 is 2.54 bits per heavy atom. The number of rotatable bonds is 4. The molecule has 0 saturated heterocycles. The monoisotopic (exact) mass is 474 g/mol. The van der Waals surface area contributed by atoms with Crippen molar-refractivity contribution in [2.24, 2.45) is 0 Å². The predicted molar refractivity (Wildman–Crippen MR) is 114 cm³/mol. The standard InChI is InChI=1S/C22H13BrCl2O3/c23-15-4-1-13(2-5-15)9-21-22(26)18-8-7-17(11-20(18)28-21)27-12-14-3-6-16(24)10-19(14)25/h1-11H,12H2. The second-order valence-electron chi connectivity index (χ2n) is 6.17. The van der Waals surface area contributed by atoms with Crippen molar-refractivity contribution < 1.29 is 14.3 Å². The van der Waals surface area contributed by atoms with Crippen molar-refractivity contribution in [2.75, 3.05) is 0 Å². The van der Waals surface area contributed by atoms with Crippen LogP contribution in [-0.4, -0.2) is 5.78 Å². The fourth-order valence-corrected chi connectivity index (χ4v) is 3.49. The summed E-state index contributed by atoms with van der Waals surface area (Å²) in [6, 6.07) is 18.0. The molecule has 140 valence electrons. The molecule has 0 N–H and O–H groups in total. The molecule has 0 bridgehead atoms. The largest absolute Gasteiger partial charge is 0.489 e. The lowest BCUT2D eigenvalue weighted by Gasteiger charge is -2.09. The summed E-state index contributed by atoms with van der Waals surface area (Å²) in [5.74, 6) is 1.20. The first-order valence-corrected chi connectivity index (χ1v) is 9.95. The highest BCUT2D eigenvalue weighted by Crippen LogP contribution is 2.35. The third-order valence-electron chi connectivity index (χ3n) is 4.22. The van der Waals surface area contributed by atoms with Crippen LogP contribution in [0, 0.1) is 0 Å². The third kappa shape index (κ3) is 4.09. The zero-order valence-corrected chi connectivity index (χ0v) is 17.5. The molecule has 3 nitrogen and oxygen atoms in total. The van der Waals surface area contributed by atoms with Crippen LogP contribution in [0.25, 0.3) is 6.08 Å². The summed E-state index contributed by atoms with van der Waals surface area (Å²) in [7, 11) is 0. The van der Waals surface area contributed by atoms with Gasteiger partial charge in [-0.3, -0.25) is 4.79 Å². The number of hydrogen-bond donors (Lipinski definition) is 0. The highest BCUT2D eigenvalue weighted by atomic mass is 79.9. The van der Waals surface area contributed by atoms with E-state index in [-0.39, 0.29) is 18.1 Å². The second kappa shape index (κ2) is 8.00. The molecule has 0 spiro atoms. The molecule has 0 fully saturated rings. The Balaban J connectivity index is 1.51. The van der Waals surface area contributed by atoms with Crippen LogP contribution >= 0.6 is 39.1 Å². The fourth-order valence-electron chi connectivity index (χ4n) is 2.77. The molecule has 3 aromatic rings. The van der Waals surface area contributed by atoms with E-state index in [1.165, 1.54) is 0 Å². The van der Waals surface area contributed by atoms with E-state index in [2.05, 4.69) is 15.9 Å². The predicted octanol–water partition coefficient (Wildman–Crippen LogP) is 6.95. The van der Waals surface area contributed by atoms with E-state index in [0.717, 1.165) is 15.6 Å². The molecule has 28 heavy (non-hydrogen) atoms. The molecule has 1 aliphatic rings. The molecule has 0 saturated carbocycles. The number of benzene rings is 3. The average Bonchev–Trinajstić information content (AvgIpc) is 2.98. The first-order valence-electron chi connectivity index (χ1n) is 8.40. The molecule has 4 rings (SSSR count). The number of carbonyl (C=O) groups excluding carboxylic acids is 1. The lowest BCUT2D eigenvalue weighted by atomic mass is 10.1. The molecular formula is C22H13BrCl2O3. The molecule has 3 aromatic carbocycles.